The van der Waals surface area contributed by atoms with Crippen LogP contribution in [0.1, 0.15) is 26.2 Å². The molecule has 1 saturated heterocycles. The molecule has 22 heavy (non-hydrogen) atoms. The first-order chi connectivity index (χ1) is 10.5. The molecule has 7 nitrogen and oxygen atoms in total. The molecule has 7 heteroatoms. The van der Waals surface area contributed by atoms with Crippen molar-refractivity contribution in [3.05, 3.63) is 12.4 Å². The largest absolute Gasteiger partial charge is 0.481 e. The van der Waals surface area contributed by atoms with Gasteiger partial charge in [0.15, 0.2) is 0 Å². The van der Waals surface area contributed by atoms with Crippen LogP contribution in [0.4, 0.5) is 11.6 Å². The van der Waals surface area contributed by atoms with Crippen molar-refractivity contribution in [2.24, 2.45) is 11.3 Å². The molecular formula is C15H22N4O3. The molecule has 0 radical (unpaired) electrons. The first-order valence-electron chi connectivity index (χ1n) is 7.73. The molecule has 0 bridgehead atoms. The third kappa shape index (κ3) is 2.61. The maximum Gasteiger partial charge on any atom is 0.311 e. The third-order valence-corrected chi connectivity index (χ3v) is 4.85. The van der Waals surface area contributed by atoms with E-state index in [4.69, 9.17) is 0 Å². The van der Waals surface area contributed by atoms with Crippen molar-refractivity contribution in [2.75, 3.05) is 29.9 Å². The molecule has 1 aliphatic heterocycles. The SMILES string of the molecule is CC(O)CNc1cc(N2C[C@@H]3CCC[C@@]3(C(=O)O)C2)ncn1. The molecule has 3 N–H and O–H groups in total. The fourth-order valence-corrected chi connectivity index (χ4v) is 3.68. The number of carbonyl (C=O) groups is 1. The zero-order chi connectivity index (χ0) is 15.7. The van der Waals surface area contributed by atoms with Crippen LogP contribution in [0.3, 0.4) is 0 Å². The van der Waals surface area contributed by atoms with Gasteiger partial charge in [-0.1, -0.05) is 6.42 Å². The van der Waals surface area contributed by atoms with Crippen molar-refractivity contribution < 1.29 is 15.0 Å². The Morgan fingerprint density at radius 3 is 3.09 bits per heavy atom. The number of nitrogens with one attached hydrogen (secondary N) is 1. The molecule has 2 heterocycles. The van der Waals surface area contributed by atoms with Gasteiger partial charge in [-0.2, -0.15) is 0 Å². The second kappa shape index (κ2) is 5.72. The maximum atomic E-state index is 11.7. The van der Waals surface area contributed by atoms with Gasteiger partial charge in [-0.15, -0.1) is 0 Å². The maximum absolute atomic E-state index is 11.7. The monoisotopic (exact) mass is 306 g/mol. The highest BCUT2D eigenvalue weighted by atomic mass is 16.4. The van der Waals surface area contributed by atoms with E-state index >= 15 is 0 Å². The highest BCUT2D eigenvalue weighted by Crippen LogP contribution is 2.49. The van der Waals surface area contributed by atoms with Crippen molar-refractivity contribution in [1.82, 2.24) is 9.97 Å². The lowest BCUT2D eigenvalue weighted by atomic mass is 9.81. The summed E-state index contributed by atoms with van der Waals surface area (Å²) in [6.07, 6.45) is 3.74. The van der Waals surface area contributed by atoms with Crippen LogP contribution in [0.5, 0.6) is 0 Å². The van der Waals surface area contributed by atoms with E-state index in [1.807, 2.05) is 11.0 Å². The number of hydrogen-bond acceptors (Lipinski definition) is 6. The normalized spacial score (nSPS) is 28.5. The number of carboxylic acids is 1. The topological polar surface area (TPSA) is 98.6 Å². The summed E-state index contributed by atoms with van der Waals surface area (Å²) in [7, 11) is 0. The second-order valence-electron chi connectivity index (χ2n) is 6.42. The summed E-state index contributed by atoms with van der Waals surface area (Å²) in [5, 5.41) is 22.0. The Kier molecular flexibility index (Phi) is 3.90. The van der Waals surface area contributed by atoms with Gasteiger partial charge in [-0.3, -0.25) is 4.79 Å². The average molecular weight is 306 g/mol. The number of fused-ring (bicyclic) bond motifs is 1. The van der Waals surface area contributed by atoms with Crippen molar-refractivity contribution in [3.8, 4) is 0 Å². The molecule has 2 fully saturated rings. The Hall–Kier alpha value is -1.89. The fraction of sp³-hybridized carbons (Fsp3) is 0.667. The van der Waals surface area contributed by atoms with E-state index in [1.165, 1.54) is 6.33 Å². The highest BCUT2D eigenvalue weighted by Gasteiger charge is 2.55. The van der Waals surface area contributed by atoms with E-state index < -0.39 is 17.5 Å². The van der Waals surface area contributed by atoms with Crippen molar-refractivity contribution >= 4 is 17.6 Å². The van der Waals surface area contributed by atoms with E-state index in [0.717, 1.165) is 31.6 Å². The van der Waals surface area contributed by atoms with Gasteiger partial charge in [0.1, 0.15) is 18.0 Å². The number of aliphatic hydroxyl groups excluding tert-OH is 1. The summed E-state index contributed by atoms with van der Waals surface area (Å²) in [6.45, 7) is 3.37. The first kappa shape index (κ1) is 15.0. The molecule has 3 rings (SSSR count). The van der Waals surface area contributed by atoms with Gasteiger partial charge < -0.3 is 20.4 Å². The van der Waals surface area contributed by atoms with Crippen molar-refractivity contribution in [3.63, 3.8) is 0 Å². The molecular weight excluding hydrogens is 284 g/mol. The van der Waals surface area contributed by atoms with Gasteiger partial charge in [0.05, 0.1) is 11.5 Å². The van der Waals surface area contributed by atoms with Crippen LogP contribution >= 0.6 is 0 Å². The van der Waals surface area contributed by atoms with Crippen LogP contribution in [0.2, 0.25) is 0 Å². The highest BCUT2D eigenvalue weighted by molar-refractivity contribution is 5.77. The Morgan fingerprint density at radius 2 is 2.41 bits per heavy atom. The molecule has 0 amide bonds. The number of aromatic nitrogens is 2. The van der Waals surface area contributed by atoms with Crippen LogP contribution in [0.15, 0.2) is 12.4 Å². The Bertz CT molecular complexity index is 565. The molecule has 3 atom stereocenters. The van der Waals surface area contributed by atoms with Gasteiger partial charge in [0.2, 0.25) is 0 Å². The quantitative estimate of drug-likeness (QED) is 0.745. The van der Waals surface area contributed by atoms with Gasteiger partial charge in [0.25, 0.3) is 0 Å². The molecule has 120 valence electrons. The van der Waals surface area contributed by atoms with Crippen LogP contribution in [-0.4, -0.2) is 51.9 Å². The molecule has 0 aromatic carbocycles. The molecule has 1 aromatic rings. The minimum absolute atomic E-state index is 0.203. The predicted octanol–water partition coefficient (Wildman–Crippen LogP) is 0.960. The number of aliphatic hydroxyl groups is 1. The lowest BCUT2D eigenvalue weighted by molar-refractivity contribution is -0.149. The van der Waals surface area contributed by atoms with E-state index in [1.54, 1.807) is 6.92 Å². The summed E-state index contributed by atoms with van der Waals surface area (Å²) < 4.78 is 0. The van der Waals surface area contributed by atoms with E-state index in [9.17, 15) is 15.0 Å². The van der Waals surface area contributed by atoms with Crippen LogP contribution in [0.25, 0.3) is 0 Å². The second-order valence-corrected chi connectivity index (χ2v) is 6.42. The molecule has 1 aliphatic carbocycles. The molecule has 1 unspecified atom stereocenters. The van der Waals surface area contributed by atoms with E-state index in [0.29, 0.717) is 18.9 Å². The van der Waals surface area contributed by atoms with Gasteiger partial charge in [-0.05, 0) is 25.7 Å². The number of hydrogen-bond donors (Lipinski definition) is 3. The number of carboxylic acid groups (broad SMARTS) is 1. The summed E-state index contributed by atoms with van der Waals surface area (Å²) in [5.74, 6) is 0.915. The van der Waals surface area contributed by atoms with Gasteiger partial charge in [0, 0.05) is 25.7 Å². The molecule has 2 aliphatic rings. The van der Waals surface area contributed by atoms with Crippen LogP contribution < -0.4 is 10.2 Å². The van der Waals surface area contributed by atoms with Gasteiger partial charge in [-0.25, -0.2) is 9.97 Å². The predicted molar refractivity (Wildman–Crippen MR) is 81.8 cm³/mol. The first-order valence-corrected chi connectivity index (χ1v) is 7.73. The smallest absolute Gasteiger partial charge is 0.311 e. The lowest BCUT2D eigenvalue weighted by Gasteiger charge is -2.23. The third-order valence-electron chi connectivity index (χ3n) is 4.85. The summed E-state index contributed by atoms with van der Waals surface area (Å²) in [5.41, 5.74) is -0.613. The summed E-state index contributed by atoms with van der Waals surface area (Å²) in [4.78, 5) is 22.2. The van der Waals surface area contributed by atoms with Gasteiger partial charge >= 0.3 is 5.97 Å². The summed E-state index contributed by atoms with van der Waals surface area (Å²) in [6, 6.07) is 1.82. The lowest BCUT2D eigenvalue weighted by Crippen LogP contribution is -2.35. The minimum atomic E-state index is -0.681. The average Bonchev–Trinajstić information content (AvgIpc) is 3.03. The standard InChI is InChI=1S/C15H22N4O3/c1-10(20)6-16-12-5-13(18-9-17-12)19-7-11-3-2-4-15(11,8-19)14(21)22/h5,9-11,20H,2-4,6-8H2,1H3,(H,21,22)(H,16,17,18)/t10?,11-,15+/m0/s1. The Morgan fingerprint density at radius 1 is 1.59 bits per heavy atom. The summed E-state index contributed by atoms with van der Waals surface area (Å²) >= 11 is 0. The molecule has 1 aromatic heterocycles. The van der Waals surface area contributed by atoms with Crippen molar-refractivity contribution in [2.45, 2.75) is 32.3 Å². The number of aliphatic carboxylic acids is 1. The number of nitrogens with zero attached hydrogens (tertiary/aromatic N) is 3. The molecule has 1 saturated carbocycles. The zero-order valence-electron chi connectivity index (χ0n) is 12.7. The minimum Gasteiger partial charge on any atom is -0.481 e. The number of rotatable bonds is 5. The van der Waals surface area contributed by atoms with E-state index in [-0.39, 0.29) is 5.92 Å². The van der Waals surface area contributed by atoms with Crippen LogP contribution in [-0.2, 0) is 4.79 Å². The zero-order valence-corrected chi connectivity index (χ0v) is 12.7. The van der Waals surface area contributed by atoms with Crippen molar-refractivity contribution in [1.29, 1.82) is 0 Å². The van der Waals surface area contributed by atoms with Crippen LogP contribution in [0, 0.1) is 11.3 Å². The number of anilines is 2. The molecule has 0 spiro atoms. The Labute approximate surface area is 129 Å². The Balaban J connectivity index is 1.76. The fourth-order valence-electron chi connectivity index (χ4n) is 3.68. The van der Waals surface area contributed by atoms with E-state index in [2.05, 4.69) is 15.3 Å².